The average Bonchev–Trinajstić information content (AvgIpc) is 2.30. The first-order valence-corrected chi connectivity index (χ1v) is 4.63. The molecule has 0 aromatic heterocycles. The van der Waals surface area contributed by atoms with Crippen molar-refractivity contribution in [2.45, 2.75) is 13.0 Å². The second-order valence-corrected chi connectivity index (χ2v) is 3.12. The van der Waals surface area contributed by atoms with E-state index < -0.39 is 0 Å². The first-order valence-electron chi connectivity index (χ1n) is 4.63. The molecule has 0 bridgehead atoms. The molecular weight excluding hydrogens is 190 g/mol. The van der Waals surface area contributed by atoms with Gasteiger partial charge in [0.05, 0.1) is 24.4 Å². The molecule has 15 heavy (non-hydrogen) atoms. The molecule has 0 aliphatic heterocycles. The Balaban J connectivity index is 2.87. The molecule has 4 heteroatoms. The standard InChI is InChI=1S/C11H13N3O/c1-9(14-15)11(13-8-7-12)10-5-3-2-4-6-10/h2-6,11,13,15H,8H2,1H3. The Morgan fingerprint density at radius 1 is 1.53 bits per heavy atom. The summed E-state index contributed by atoms with van der Waals surface area (Å²) in [4.78, 5) is 0. The van der Waals surface area contributed by atoms with E-state index in [1.54, 1.807) is 6.92 Å². The van der Waals surface area contributed by atoms with Gasteiger partial charge in [-0.1, -0.05) is 35.5 Å². The molecule has 1 rings (SSSR count). The predicted octanol–water partition coefficient (Wildman–Crippen LogP) is 1.69. The molecule has 0 amide bonds. The van der Waals surface area contributed by atoms with Gasteiger partial charge in [0, 0.05) is 0 Å². The van der Waals surface area contributed by atoms with Gasteiger partial charge < -0.3 is 5.21 Å². The van der Waals surface area contributed by atoms with Crippen LogP contribution in [0, 0.1) is 11.3 Å². The minimum atomic E-state index is -0.212. The zero-order chi connectivity index (χ0) is 11.1. The molecule has 0 heterocycles. The number of benzene rings is 1. The number of rotatable bonds is 4. The molecule has 0 saturated carbocycles. The van der Waals surface area contributed by atoms with E-state index >= 15 is 0 Å². The van der Waals surface area contributed by atoms with Gasteiger partial charge in [0.2, 0.25) is 0 Å². The highest BCUT2D eigenvalue weighted by Crippen LogP contribution is 2.13. The molecule has 4 nitrogen and oxygen atoms in total. The van der Waals surface area contributed by atoms with Crippen LogP contribution >= 0.6 is 0 Å². The maximum atomic E-state index is 8.73. The lowest BCUT2D eigenvalue weighted by Crippen LogP contribution is -2.27. The lowest BCUT2D eigenvalue weighted by atomic mass is 10.0. The molecule has 0 aliphatic rings. The zero-order valence-electron chi connectivity index (χ0n) is 8.51. The van der Waals surface area contributed by atoms with Gasteiger partial charge in [0.15, 0.2) is 0 Å². The Hall–Kier alpha value is -1.86. The van der Waals surface area contributed by atoms with Crippen molar-refractivity contribution < 1.29 is 5.21 Å². The molecule has 0 saturated heterocycles. The van der Waals surface area contributed by atoms with Crippen LogP contribution in [0.4, 0.5) is 0 Å². The fraction of sp³-hybridized carbons (Fsp3) is 0.273. The third-order valence-corrected chi connectivity index (χ3v) is 2.09. The van der Waals surface area contributed by atoms with Gasteiger partial charge in [-0.15, -0.1) is 0 Å². The average molecular weight is 203 g/mol. The number of hydrogen-bond acceptors (Lipinski definition) is 4. The fourth-order valence-corrected chi connectivity index (χ4v) is 1.36. The molecule has 78 valence electrons. The molecular formula is C11H13N3O. The summed E-state index contributed by atoms with van der Waals surface area (Å²) >= 11 is 0. The van der Waals surface area contributed by atoms with E-state index in [0.717, 1.165) is 5.56 Å². The van der Waals surface area contributed by atoms with Gasteiger partial charge >= 0.3 is 0 Å². The Bertz CT molecular complexity index is 367. The summed E-state index contributed by atoms with van der Waals surface area (Å²) in [6.07, 6.45) is 0. The van der Waals surface area contributed by atoms with Crippen LogP contribution in [0.1, 0.15) is 18.5 Å². The summed E-state index contributed by atoms with van der Waals surface area (Å²) in [5, 5.41) is 23.4. The minimum absolute atomic E-state index is 0.212. The fourth-order valence-electron chi connectivity index (χ4n) is 1.36. The van der Waals surface area contributed by atoms with Crippen LogP contribution < -0.4 is 5.32 Å². The van der Waals surface area contributed by atoms with Crippen LogP contribution in [-0.2, 0) is 0 Å². The second-order valence-electron chi connectivity index (χ2n) is 3.12. The van der Waals surface area contributed by atoms with Gasteiger partial charge in [-0.3, -0.25) is 5.32 Å². The molecule has 1 aromatic carbocycles. The summed E-state index contributed by atoms with van der Waals surface area (Å²) in [6, 6.07) is 11.3. The van der Waals surface area contributed by atoms with E-state index in [1.165, 1.54) is 0 Å². The van der Waals surface area contributed by atoms with Crippen molar-refractivity contribution in [1.82, 2.24) is 5.32 Å². The highest BCUT2D eigenvalue weighted by Gasteiger charge is 2.13. The predicted molar refractivity (Wildman–Crippen MR) is 57.7 cm³/mol. The van der Waals surface area contributed by atoms with E-state index in [4.69, 9.17) is 10.5 Å². The summed E-state index contributed by atoms with van der Waals surface area (Å²) in [5.41, 5.74) is 1.51. The molecule has 1 unspecified atom stereocenters. The van der Waals surface area contributed by atoms with Crippen LogP contribution in [0.5, 0.6) is 0 Å². The SMILES string of the molecule is CC(=NO)C(NCC#N)c1ccccc1. The van der Waals surface area contributed by atoms with Gasteiger partial charge in [0.25, 0.3) is 0 Å². The number of nitrogens with one attached hydrogen (secondary N) is 1. The molecule has 0 fully saturated rings. The van der Waals surface area contributed by atoms with Crippen molar-refractivity contribution in [3.8, 4) is 6.07 Å². The van der Waals surface area contributed by atoms with Gasteiger partial charge in [0.1, 0.15) is 0 Å². The van der Waals surface area contributed by atoms with Crippen molar-refractivity contribution >= 4 is 5.71 Å². The lowest BCUT2D eigenvalue weighted by Gasteiger charge is -2.16. The Kier molecular flexibility index (Phi) is 4.32. The van der Waals surface area contributed by atoms with E-state index in [0.29, 0.717) is 5.71 Å². The first kappa shape index (κ1) is 11.2. The highest BCUT2D eigenvalue weighted by atomic mass is 16.4. The van der Waals surface area contributed by atoms with E-state index in [2.05, 4.69) is 10.5 Å². The van der Waals surface area contributed by atoms with E-state index in [9.17, 15) is 0 Å². The highest BCUT2D eigenvalue weighted by molar-refractivity contribution is 5.87. The summed E-state index contributed by atoms with van der Waals surface area (Å²) < 4.78 is 0. The normalized spacial score (nSPS) is 13.2. The van der Waals surface area contributed by atoms with E-state index in [-0.39, 0.29) is 12.6 Å². The molecule has 0 radical (unpaired) electrons. The van der Waals surface area contributed by atoms with Gasteiger partial charge in [-0.2, -0.15) is 5.26 Å². The van der Waals surface area contributed by atoms with Crippen molar-refractivity contribution in [1.29, 1.82) is 5.26 Å². The Labute approximate surface area is 88.8 Å². The topological polar surface area (TPSA) is 68.4 Å². The third kappa shape index (κ3) is 3.08. The first-order chi connectivity index (χ1) is 7.29. The second kappa shape index (κ2) is 5.78. The largest absolute Gasteiger partial charge is 0.411 e. The van der Waals surface area contributed by atoms with Crippen molar-refractivity contribution in [2.24, 2.45) is 5.16 Å². The number of nitriles is 1. The van der Waals surface area contributed by atoms with Crippen molar-refractivity contribution in [3.05, 3.63) is 35.9 Å². The summed E-state index contributed by atoms with van der Waals surface area (Å²) in [6.45, 7) is 1.93. The van der Waals surface area contributed by atoms with E-state index in [1.807, 2.05) is 36.4 Å². The van der Waals surface area contributed by atoms with Crippen LogP contribution in [-0.4, -0.2) is 17.5 Å². The quantitative estimate of drug-likeness (QED) is 0.338. The van der Waals surface area contributed by atoms with Crippen molar-refractivity contribution in [2.75, 3.05) is 6.54 Å². The van der Waals surface area contributed by atoms with Crippen molar-refractivity contribution in [3.63, 3.8) is 0 Å². The number of nitrogens with zero attached hydrogens (tertiary/aromatic N) is 2. The van der Waals surface area contributed by atoms with Crippen LogP contribution in [0.3, 0.4) is 0 Å². The lowest BCUT2D eigenvalue weighted by molar-refractivity contribution is 0.315. The Morgan fingerprint density at radius 2 is 2.20 bits per heavy atom. The van der Waals surface area contributed by atoms with Gasteiger partial charge in [-0.25, -0.2) is 0 Å². The molecule has 2 N–H and O–H groups in total. The summed E-state index contributed by atoms with van der Waals surface area (Å²) in [5.74, 6) is 0. The molecule has 0 spiro atoms. The third-order valence-electron chi connectivity index (χ3n) is 2.09. The maximum Gasteiger partial charge on any atom is 0.0848 e. The minimum Gasteiger partial charge on any atom is -0.411 e. The van der Waals surface area contributed by atoms with Crippen LogP contribution in [0.25, 0.3) is 0 Å². The maximum absolute atomic E-state index is 8.73. The monoisotopic (exact) mass is 203 g/mol. The Morgan fingerprint density at radius 3 is 2.73 bits per heavy atom. The van der Waals surface area contributed by atoms with Gasteiger partial charge in [-0.05, 0) is 12.5 Å². The van der Waals surface area contributed by atoms with Crippen LogP contribution in [0.15, 0.2) is 35.5 Å². The number of oxime groups is 1. The number of hydrogen-bond donors (Lipinski definition) is 2. The molecule has 1 aromatic rings. The molecule has 1 atom stereocenters. The smallest absolute Gasteiger partial charge is 0.0848 e. The summed E-state index contributed by atoms with van der Waals surface area (Å²) in [7, 11) is 0. The zero-order valence-corrected chi connectivity index (χ0v) is 8.51. The van der Waals surface area contributed by atoms with Crippen LogP contribution in [0.2, 0.25) is 0 Å². The molecule has 0 aliphatic carbocycles.